The van der Waals surface area contributed by atoms with Gasteiger partial charge in [-0.15, -0.1) is 0 Å². The molecule has 0 atom stereocenters. The Labute approximate surface area is 109 Å². The molecule has 0 aromatic heterocycles. The third-order valence-electron chi connectivity index (χ3n) is 3.66. The molecule has 0 spiro atoms. The van der Waals surface area contributed by atoms with Gasteiger partial charge in [-0.2, -0.15) is 0 Å². The maximum absolute atomic E-state index is 13.5. The van der Waals surface area contributed by atoms with Crippen LogP contribution >= 0.6 is 0 Å². The first-order valence-electron chi connectivity index (χ1n) is 6.16. The van der Waals surface area contributed by atoms with Crippen LogP contribution in [0.2, 0.25) is 0 Å². The second-order valence-corrected chi connectivity index (χ2v) is 4.85. The van der Waals surface area contributed by atoms with Crippen molar-refractivity contribution < 1.29 is 17.6 Å². The molecule has 0 radical (unpaired) electrons. The fraction of sp³-hybridized carbons (Fsp3) is 0.538. The summed E-state index contributed by atoms with van der Waals surface area (Å²) in [7, 11) is 0.589. The Morgan fingerprint density at radius 2 is 1.61 bits per heavy atom. The summed E-state index contributed by atoms with van der Waals surface area (Å²) < 4.78 is 45.3. The summed E-state index contributed by atoms with van der Waals surface area (Å²) in [6, 6.07) is 1.44. The molecule has 1 aromatic carbocycles. The molecule has 0 heterocycles. The minimum absolute atomic E-state index is 0.0543. The predicted octanol–water partition coefficient (Wildman–Crippen LogP) is 2.89. The minimum atomic E-state index is -0.884. The minimum Gasteiger partial charge on any atom is -0.422 e. The van der Waals surface area contributed by atoms with Crippen molar-refractivity contribution in [3.8, 4) is 0 Å². The summed E-state index contributed by atoms with van der Waals surface area (Å²) in [5.41, 5.74) is -0.360. The van der Waals surface area contributed by atoms with E-state index in [0.29, 0.717) is 16.9 Å². The number of hydrogen-bond acceptors (Lipinski definition) is 1. The molecule has 0 saturated heterocycles. The number of benzene rings is 1. The molecule has 0 aliphatic rings. The van der Waals surface area contributed by atoms with Crippen LogP contribution in [-0.2, 0) is 10.8 Å². The third-order valence-corrected chi connectivity index (χ3v) is 4.52. The van der Waals surface area contributed by atoms with Crippen molar-refractivity contribution in [3.63, 3.8) is 0 Å². The molecule has 18 heavy (non-hydrogen) atoms. The van der Waals surface area contributed by atoms with E-state index < -0.39 is 17.5 Å². The smallest absolute Gasteiger partial charge is 0.146 e. The molecule has 0 aliphatic carbocycles. The van der Waals surface area contributed by atoms with Crippen LogP contribution in [0.4, 0.5) is 13.2 Å². The lowest BCUT2D eigenvalue weighted by atomic mass is 9.90. The molecule has 0 bridgehead atoms. The fourth-order valence-corrected chi connectivity index (χ4v) is 2.94. The molecule has 0 amide bonds. The highest BCUT2D eigenvalue weighted by atomic mass is 28.2. The van der Waals surface area contributed by atoms with E-state index >= 15 is 0 Å². The van der Waals surface area contributed by atoms with E-state index in [-0.39, 0.29) is 17.6 Å². The first-order valence-corrected chi connectivity index (χ1v) is 6.98. The summed E-state index contributed by atoms with van der Waals surface area (Å²) in [6.45, 7) is 4.00. The van der Waals surface area contributed by atoms with Gasteiger partial charge in [-0.1, -0.05) is 13.8 Å². The average molecular weight is 276 g/mol. The van der Waals surface area contributed by atoms with Crippen LogP contribution in [-0.4, -0.2) is 16.1 Å². The molecule has 0 fully saturated rings. The van der Waals surface area contributed by atoms with Crippen LogP contribution in [0.3, 0.4) is 0 Å². The van der Waals surface area contributed by atoms with Crippen LogP contribution in [0.1, 0.15) is 38.7 Å². The van der Waals surface area contributed by atoms with Gasteiger partial charge in [-0.25, -0.2) is 13.2 Å². The van der Waals surface area contributed by atoms with E-state index in [1.54, 1.807) is 0 Å². The van der Waals surface area contributed by atoms with Gasteiger partial charge in [0.25, 0.3) is 0 Å². The van der Waals surface area contributed by atoms with Gasteiger partial charge in [0.2, 0.25) is 0 Å². The van der Waals surface area contributed by atoms with Crippen LogP contribution in [0.25, 0.3) is 0 Å². The molecule has 1 aromatic rings. The lowest BCUT2D eigenvalue weighted by Crippen LogP contribution is -2.31. The zero-order valence-electron chi connectivity index (χ0n) is 11.0. The van der Waals surface area contributed by atoms with Crippen molar-refractivity contribution in [1.82, 2.24) is 0 Å². The Kier molecular flexibility index (Phi) is 5.41. The quantitative estimate of drug-likeness (QED) is 0.726. The standard InChI is InChI=1S/C13H19F3OSi/c1-3-13(4-2,17-18)6-5-10-11(15)7-9(14)8-12(10)16/h7-8H,3-6H2,1-2,18H3. The zero-order valence-corrected chi connectivity index (χ0v) is 13.0. The molecule has 5 heteroatoms. The van der Waals surface area contributed by atoms with Gasteiger partial charge in [0.05, 0.1) is 5.60 Å². The molecule has 1 nitrogen and oxygen atoms in total. The van der Waals surface area contributed by atoms with E-state index in [1.165, 1.54) is 0 Å². The van der Waals surface area contributed by atoms with Crippen LogP contribution in [0.5, 0.6) is 0 Å². The van der Waals surface area contributed by atoms with Gasteiger partial charge >= 0.3 is 0 Å². The van der Waals surface area contributed by atoms with E-state index in [0.717, 1.165) is 25.0 Å². The van der Waals surface area contributed by atoms with Gasteiger partial charge < -0.3 is 4.43 Å². The average Bonchev–Trinajstić information content (AvgIpc) is 2.33. The highest BCUT2D eigenvalue weighted by molar-refractivity contribution is 5.98. The molecule has 1 rings (SSSR count). The van der Waals surface area contributed by atoms with Crippen LogP contribution in [0, 0.1) is 17.5 Å². The second-order valence-electron chi connectivity index (χ2n) is 4.44. The number of rotatable bonds is 6. The Hall–Kier alpha value is -0.813. The largest absolute Gasteiger partial charge is 0.422 e. The lowest BCUT2D eigenvalue weighted by molar-refractivity contribution is 0.0612. The van der Waals surface area contributed by atoms with Crippen LogP contribution in [0.15, 0.2) is 12.1 Å². The number of halogens is 3. The summed E-state index contributed by atoms with van der Waals surface area (Å²) in [4.78, 5) is 0. The van der Waals surface area contributed by atoms with Crippen molar-refractivity contribution in [2.24, 2.45) is 0 Å². The molecule has 0 saturated carbocycles. The second kappa shape index (κ2) is 6.38. The van der Waals surface area contributed by atoms with Crippen molar-refractivity contribution in [1.29, 1.82) is 0 Å². The molecule has 102 valence electrons. The molecule has 0 aliphatic heterocycles. The zero-order chi connectivity index (χ0) is 13.8. The Balaban J connectivity index is 2.86. The van der Waals surface area contributed by atoms with Crippen molar-refractivity contribution in [2.45, 2.75) is 45.1 Å². The highest BCUT2D eigenvalue weighted by Crippen LogP contribution is 2.27. The SMILES string of the molecule is CCC(CC)(CCc1c(F)cc(F)cc1F)O[SiH3]. The van der Waals surface area contributed by atoms with E-state index in [9.17, 15) is 13.2 Å². The predicted molar refractivity (Wildman–Crippen MR) is 69.0 cm³/mol. The normalized spacial score (nSPS) is 12.1. The Morgan fingerprint density at radius 1 is 1.11 bits per heavy atom. The van der Waals surface area contributed by atoms with Gasteiger partial charge in [-0.3, -0.25) is 0 Å². The van der Waals surface area contributed by atoms with Crippen molar-refractivity contribution in [2.75, 3.05) is 0 Å². The van der Waals surface area contributed by atoms with Gasteiger partial charge in [0, 0.05) is 17.7 Å². The fourth-order valence-electron chi connectivity index (χ4n) is 2.16. The highest BCUT2D eigenvalue weighted by Gasteiger charge is 2.25. The maximum Gasteiger partial charge on any atom is 0.146 e. The van der Waals surface area contributed by atoms with Gasteiger partial charge in [-0.05, 0) is 25.7 Å². The lowest BCUT2D eigenvalue weighted by Gasteiger charge is -2.31. The van der Waals surface area contributed by atoms with E-state index in [2.05, 4.69) is 0 Å². The summed E-state index contributed by atoms with van der Waals surface area (Å²) in [6.07, 6.45) is 2.37. The molecule has 0 unspecified atom stereocenters. The topological polar surface area (TPSA) is 9.23 Å². The monoisotopic (exact) mass is 276 g/mol. The molecular weight excluding hydrogens is 257 g/mol. The molecule has 0 N–H and O–H groups in total. The summed E-state index contributed by atoms with van der Waals surface area (Å²) in [5.74, 6) is -2.52. The summed E-state index contributed by atoms with van der Waals surface area (Å²) in [5, 5.41) is 0. The van der Waals surface area contributed by atoms with E-state index in [4.69, 9.17) is 4.43 Å². The maximum atomic E-state index is 13.5. The van der Waals surface area contributed by atoms with Gasteiger partial charge in [0.1, 0.15) is 27.9 Å². The van der Waals surface area contributed by atoms with Crippen molar-refractivity contribution >= 4 is 10.5 Å². The number of hydrogen-bond donors (Lipinski definition) is 0. The Morgan fingerprint density at radius 3 is 2.00 bits per heavy atom. The first-order chi connectivity index (χ1) is 8.48. The Bertz CT molecular complexity index is 374. The first kappa shape index (κ1) is 15.2. The van der Waals surface area contributed by atoms with Gasteiger partial charge in [0.15, 0.2) is 0 Å². The van der Waals surface area contributed by atoms with Crippen molar-refractivity contribution in [3.05, 3.63) is 35.1 Å². The molecular formula is C13H19F3OSi. The third kappa shape index (κ3) is 3.35. The van der Waals surface area contributed by atoms with Crippen LogP contribution < -0.4 is 0 Å². The van der Waals surface area contributed by atoms with E-state index in [1.807, 2.05) is 13.8 Å². The summed E-state index contributed by atoms with van der Waals surface area (Å²) >= 11 is 0.